The highest BCUT2D eigenvalue weighted by Crippen LogP contribution is 2.17. The van der Waals surface area contributed by atoms with Crippen molar-refractivity contribution in [2.75, 3.05) is 17.3 Å². The number of sulfone groups is 1. The zero-order valence-corrected chi connectivity index (χ0v) is 13.3. The molecule has 0 spiro atoms. The van der Waals surface area contributed by atoms with Crippen LogP contribution in [0, 0.1) is 5.82 Å². The van der Waals surface area contributed by atoms with Gasteiger partial charge in [-0.05, 0) is 36.2 Å². The van der Waals surface area contributed by atoms with Gasteiger partial charge in [0.1, 0.15) is 21.4 Å². The highest BCUT2D eigenvalue weighted by Gasteiger charge is 2.10. The molecule has 0 aliphatic carbocycles. The van der Waals surface area contributed by atoms with E-state index < -0.39 is 21.7 Å². The van der Waals surface area contributed by atoms with Crippen LogP contribution in [0.15, 0.2) is 48.5 Å². The van der Waals surface area contributed by atoms with Gasteiger partial charge in [0.2, 0.25) is 0 Å². The van der Waals surface area contributed by atoms with Crippen LogP contribution in [0.1, 0.15) is 5.56 Å². The number of hydrogen-bond acceptors (Lipinski definition) is 4. The molecule has 2 aromatic carbocycles. The Labute approximate surface area is 134 Å². The molecule has 1 amide bonds. The van der Waals surface area contributed by atoms with E-state index in [4.69, 9.17) is 4.74 Å². The molecule has 0 atom stereocenters. The largest absolute Gasteiger partial charge is 0.417 e. The molecule has 2 rings (SSSR count). The fourth-order valence-electron chi connectivity index (χ4n) is 1.86. The molecule has 2 aromatic rings. The quantitative estimate of drug-likeness (QED) is 0.910. The van der Waals surface area contributed by atoms with Crippen LogP contribution in [0.4, 0.5) is 14.9 Å². The zero-order valence-electron chi connectivity index (χ0n) is 12.5. The molecule has 0 fully saturated rings. The molecular weight excluding hydrogens is 321 g/mol. The highest BCUT2D eigenvalue weighted by atomic mass is 32.2. The Hall–Kier alpha value is -2.41. The molecular formula is C16H16FNO4S. The normalized spacial score (nSPS) is 11.0. The minimum atomic E-state index is -3.16. The van der Waals surface area contributed by atoms with Crippen molar-refractivity contribution >= 4 is 21.6 Å². The van der Waals surface area contributed by atoms with Gasteiger partial charge in [-0.25, -0.2) is 17.6 Å². The number of hydrogen-bond donors (Lipinski definition) is 1. The molecule has 122 valence electrons. The summed E-state index contributed by atoms with van der Waals surface area (Å²) in [5.41, 5.74) is 0.504. The molecule has 0 unspecified atom stereocenters. The third-order valence-electron chi connectivity index (χ3n) is 3.00. The minimum Gasteiger partial charge on any atom is -0.410 e. The molecule has 0 aromatic heterocycles. The summed E-state index contributed by atoms with van der Waals surface area (Å²) in [5.74, 6) is -0.339. The fraction of sp³-hybridized carbons (Fsp3) is 0.188. The second-order valence-corrected chi connectivity index (χ2v) is 7.27. The van der Waals surface area contributed by atoms with Crippen LogP contribution in [0.3, 0.4) is 0 Å². The summed E-state index contributed by atoms with van der Waals surface area (Å²) >= 11 is 0. The standard InChI is InChI=1S/C16H16FNO4S/c1-23(20,21)10-9-12-7-8-13(11-15(12)17)18-16(19)22-14-5-3-2-4-6-14/h2-8,11H,9-10H2,1H3,(H,18,19). The van der Waals surface area contributed by atoms with Crippen LogP contribution < -0.4 is 10.1 Å². The van der Waals surface area contributed by atoms with Gasteiger partial charge in [-0.1, -0.05) is 24.3 Å². The van der Waals surface area contributed by atoms with E-state index in [1.807, 2.05) is 0 Å². The molecule has 0 aliphatic rings. The predicted octanol–water partition coefficient (Wildman–Crippen LogP) is 3.02. The van der Waals surface area contributed by atoms with E-state index >= 15 is 0 Å². The minimum absolute atomic E-state index is 0.0827. The maximum Gasteiger partial charge on any atom is 0.417 e. The molecule has 23 heavy (non-hydrogen) atoms. The number of carbonyl (C=O) groups is 1. The smallest absolute Gasteiger partial charge is 0.410 e. The lowest BCUT2D eigenvalue weighted by Crippen LogP contribution is -2.17. The number of benzene rings is 2. The SMILES string of the molecule is CS(=O)(=O)CCc1ccc(NC(=O)Oc2ccccc2)cc1F. The van der Waals surface area contributed by atoms with Gasteiger partial charge < -0.3 is 4.74 Å². The molecule has 0 bridgehead atoms. The Morgan fingerprint density at radius 1 is 1.17 bits per heavy atom. The Balaban J connectivity index is 1.98. The maximum absolute atomic E-state index is 13.9. The predicted molar refractivity (Wildman–Crippen MR) is 85.9 cm³/mol. The number of ether oxygens (including phenoxy) is 1. The fourth-order valence-corrected chi connectivity index (χ4v) is 2.45. The number of halogens is 1. The Bertz CT molecular complexity index is 791. The van der Waals surface area contributed by atoms with Gasteiger partial charge in [0, 0.05) is 11.9 Å². The number of aryl methyl sites for hydroxylation is 1. The molecule has 0 heterocycles. The summed E-state index contributed by atoms with van der Waals surface area (Å²) < 4.78 is 41.2. The lowest BCUT2D eigenvalue weighted by molar-refractivity contribution is 0.215. The van der Waals surface area contributed by atoms with E-state index in [1.54, 1.807) is 30.3 Å². The summed E-state index contributed by atoms with van der Waals surface area (Å²) in [6.45, 7) is 0. The van der Waals surface area contributed by atoms with E-state index in [0.29, 0.717) is 5.75 Å². The average molecular weight is 337 g/mol. The second-order valence-electron chi connectivity index (χ2n) is 5.01. The maximum atomic E-state index is 13.9. The van der Waals surface area contributed by atoms with E-state index in [0.717, 1.165) is 12.3 Å². The van der Waals surface area contributed by atoms with Crippen molar-refractivity contribution in [2.24, 2.45) is 0 Å². The molecule has 0 aliphatic heterocycles. The van der Waals surface area contributed by atoms with Crippen LogP contribution in [0.5, 0.6) is 5.75 Å². The van der Waals surface area contributed by atoms with Crippen LogP contribution >= 0.6 is 0 Å². The van der Waals surface area contributed by atoms with Crippen LogP contribution in [-0.2, 0) is 16.3 Å². The van der Waals surface area contributed by atoms with Gasteiger partial charge >= 0.3 is 6.09 Å². The number of nitrogens with one attached hydrogen (secondary N) is 1. The van der Waals surface area contributed by atoms with Gasteiger partial charge in [-0.2, -0.15) is 0 Å². The number of para-hydroxylation sites is 1. The van der Waals surface area contributed by atoms with E-state index in [1.165, 1.54) is 12.1 Å². The van der Waals surface area contributed by atoms with Gasteiger partial charge in [-0.3, -0.25) is 5.32 Å². The van der Waals surface area contributed by atoms with Crippen molar-refractivity contribution in [3.63, 3.8) is 0 Å². The number of anilines is 1. The van der Waals surface area contributed by atoms with Crippen molar-refractivity contribution in [1.29, 1.82) is 0 Å². The first-order valence-corrected chi connectivity index (χ1v) is 8.89. The first kappa shape index (κ1) is 17.0. The summed E-state index contributed by atoms with van der Waals surface area (Å²) in [5, 5.41) is 2.41. The Morgan fingerprint density at radius 3 is 2.48 bits per heavy atom. The van der Waals surface area contributed by atoms with Gasteiger partial charge in [0.05, 0.1) is 5.75 Å². The van der Waals surface area contributed by atoms with Crippen molar-refractivity contribution in [3.05, 3.63) is 59.9 Å². The van der Waals surface area contributed by atoms with Gasteiger partial charge in [-0.15, -0.1) is 0 Å². The first-order chi connectivity index (χ1) is 10.8. The van der Waals surface area contributed by atoms with Gasteiger partial charge in [0.25, 0.3) is 0 Å². The van der Waals surface area contributed by atoms with Crippen LogP contribution in [0.25, 0.3) is 0 Å². The third kappa shape index (κ3) is 5.71. The molecule has 0 saturated heterocycles. The van der Waals surface area contributed by atoms with Gasteiger partial charge in [0.15, 0.2) is 0 Å². The molecule has 1 N–H and O–H groups in total. The lowest BCUT2D eigenvalue weighted by atomic mass is 10.1. The molecule has 5 nitrogen and oxygen atoms in total. The number of amides is 1. The molecule has 0 saturated carbocycles. The summed E-state index contributed by atoms with van der Waals surface area (Å²) in [7, 11) is -3.16. The first-order valence-electron chi connectivity index (χ1n) is 6.83. The highest BCUT2D eigenvalue weighted by molar-refractivity contribution is 7.90. The van der Waals surface area contributed by atoms with Crippen LogP contribution in [-0.4, -0.2) is 26.5 Å². The second kappa shape index (κ2) is 7.23. The van der Waals surface area contributed by atoms with E-state index in [-0.39, 0.29) is 23.4 Å². The monoisotopic (exact) mass is 337 g/mol. The van der Waals surface area contributed by atoms with Crippen LogP contribution in [0.2, 0.25) is 0 Å². The summed E-state index contributed by atoms with van der Waals surface area (Å²) in [6, 6.07) is 12.5. The summed E-state index contributed by atoms with van der Waals surface area (Å²) in [4.78, 5) is 11.7. The summed E-state index contributed by atoms with van der Waals surface area (Å²) in [6.07, 6.45) is 0.444. The van der Waals surface area contributed by atoms with Crippen molar-refractivity contribution in [2.45, 2.75) is 6.42 Å². The topological polar surface area (TPSA) is 72.5 Å². The third-order valence-corrected chi connectivity index (χ3v) is 3.94. The molecule has 7 heteroatoms. The van der Waals surface area contributed by atoms with Crippen molar-refractivity contribution in [1.82, 2.24) is 0 Å². The Morgan fingerprint density at radius 2 is 1.87 bits per heavy atom. The molecule has 0 radical (unpaired) electrons. The number of rotatable bonds is 5. The van der Waals surface area contributed by atoms with E-state index in [2.05, 4.69) is 5.32 Å². The van der Waals surface area contributed by atoms with Crippen molar-refractivity contribution in [3.8, 4) is 5.75 Å². The zero-order chi connectivity index (χ0) is 16.9. The Kier molecular flexibility index (Phi) is 5.33. The lowest BCUT2D eigenvalue weighted by Gasteiger charge is -2.08. The average Bonchev–Trinajstić information content (AvgIpc) is 2.46. The van der Waals surface area contributed by atoms with Crippen molar-refractivity contribution < 1.29 is 22.3 Å². The number of carbonyl (C=O) groups excluding carboxylic acids is 1. The van der Waals surface area contributed by atoms with E-state index in [9.17, 15) is 17.6 Å².